The molecule has 1 aliphatic heterocycles. The third kappa shape index (κ3) is 2.65. The first-order chi connectivity index (χ1) is 13.2. The van der Waals surface area contributed by atoms with E-state index < -0.39 is 0 Å². The summed E-state index contributed by atoms with van der Waals surface area (Å²) in [4.78, 5) is 2.28. The highest BCUT2D eigenvalue weighted by atomic mass is 16.4. The van der Waals surface area contributed by atoms with Crippen molar-refractivity contribution in [2.45, 2.75) is 20.3 Å². The molecule has 2 heteroatoms. The second kappa shape index (κ2) is 6.17. The van der Waals surface area contributed by atoms with Crippen molar-refractivity contribution in [3.05, 3.63) is 101 Å². The number of hydrogen-bond acceptors (Lipinski definition) is 2. The Morgan fingerprint density at radius 3 is 2.37 bits per heavy atom. The molecule has 1 aromatic heterocycles. The van der Waals surface area contributed by atoms with Gasteiger partial charge in [0.05, 0.1) is 11.4 Å². The molecule has 0 atom stereocenters. The van der Waals surface area contributed by atoms with Gasteiger partial charge in [-0.15, -0.1) is 0 Å². The first-order valence-electron chi connectivity index (χ1n) is 9.34. The zero-order valence-electron chi connectivity index (χ0n) is 15.6. The summed E-state index contributed by atoms with van der Waals surface area (Å²) in [7, 11) is 0. The SMILES string of the molecule is Cc1ccc2c(c1)Cc1cc(C)oc1N2c1ccccc1-c1ccccc1. The van der Waals surface area contributed by atoms with Gasteiger partial charge < -0.3 is 4.42 Å². The van der Waals surface area contributed by atoms with Crippen molar-refractivity contribution in [2.24, 2.45) is 0 Å². The quantitative estimate of drug-likeness (QED) is 0.342. The zero-order valence-corrected chi connectivity index (χ0v) is 15.6. The minimum Gasteiger partial charge on any atom is -0.445 e. The Kier molecular flexibility index (Phi) is 3.64. The highest BCUT2D eigenvalue weighted by Crippen LogP contribution is 2.47. The van der Waals surface area contributed by atoms with Gasteiger partial charge >= 0.3 is 0 Å². The van der Waals surface area contributed by atoms with Gasteiger partial charge in [-0.05, 0) is 43.2 Å². The van der Waals surface area contributed by atoms with Crippen molar-refractivity contribution in [3.8, 4) is 11.1 Å². The summed E-state index contributed by atoms with van der Waals surface area (Å²) in [6, 6.07) is 28.0. The fourth-order valence-corrected chi connectivity index (χ4v) is 4.03. The summed E-state index contributed by atoms with van der Waals surface area (Å²) in [6.07, 6.45) is 0.910. The Labute approximate surface area is 159 Å². The second-order valence-electron chi connectivity index (χ2n) is 7.21. The van der Waals surface area contributed by atoms with Crippen LogP contribution in [0.5, 0.6) is 0 Å². The van der Waals surface area contributed by atoms with Crippen molar-refractivity contribution in [3.63, 3.8) is 0 Å². The number of hydrogen-bond donors (Lipinski definition) is 0. The number of nitrogens with zero attached hydrogens (tertiary/aromatic N) is 1. The number of benzene rings is 3. The topological polar surface area (TPSA) is 16.4 Å². The van der Waals surface area contributed by atoms with Gasteiger partial charge in [0.15, 0.2) is 0 Å². The Balaban J connectivity index is 1.77. The van der Waals surface area contributed by atoms with E-state index in [2.05, 4.69) is 90.7 Å². The number of para-hydroxylation sites is 1. The van der Waals surface area contributed by atoms with E-state index in [0.29, 0.717) is 0 Å². The van der Waals surface area contributed by atoms with Gasteiger partial charge in [0.25, 0.3) is 0 Å². The molecule has 0 aliphatic carbocycles. The largest absolute Gasteiger partial charge is 0.445 e. The van der Waals surface area contributed by atoms with Crippen molar-refractivity contribution in [1.29, 1.82) is 0 Å². The molecule has 27 heavy (non-hydrogen) atoms. The van der Waals surface area contributed by atoms with Crippen LogP contribution in [0.25, 0.3) is 11.1 Å². The molecule has 2 heterocycles. The first-order valence-corrected chi connectivity index (χ1v) is 9.34. The van der Waals surface area contributed by atoms with Crippen LogP contribution >= 0.6 is 0 Å². The van der Waals surface area contributed by atoms with Crippen LogP contribution < -0.4 is 4.90 Å². The van der Waals surface area contributed by atoms with E-state index in [1.54, 1.807) is 0 Å². The van der Waals surface area contributed by atoms with Gasteiger partial charge in [0.2, 0.25) is 5.88 Å². The van der Waals surface area contributed by atoms with Crippen LogP contribution in [-0.2, 0) is 6.42 Å². The molecule has 0 N–H and O–H groups in total. The fourth-order valence-electron chi connectivity index (χ4n) is 4.03. The highest BCUT2D eigenvalue weighted by molar-refractivity contribution is 5.89. The molecule has 1 aliphatic rings. The van der Waals surface area contributed by atoms with E-state index in [4.69, 9.17) is 4.42 Å². The van der Waals surface area contributed by atoms with Crippen molar-refractivity contribution in [2.75, 3.05) is 4.90 Å². The van der Waals surface area contributed by atoms with Crippen LogP contribution in [0.4, 0.5) is 17.3 Å². The Morgan fingerprint density at radius 2 is 1.52 bits per heavy atom. The average molecular weight is 351 g/mol. The van der Waals surface area contributed by atoms with Crippen LogP contribution in [0.3, 0.4) is 0 Å². The van der Waals surface area contributed by atoms with Crippen LogP contribution in [0.15, 0.2) is 83.3 Å². The molecule has 0 saturated heterocycles. The van der Waals surface area contributed by atoms with Gasteiger partial charge in [-0.2, -0.15) is 0 Å². The van der Waals surface area contributed by atoms with Crippen molar-refractivity contribution >= 4 is 17.3 Å². The van der Waals surface area contributed by atoms with E-state index in [1.165, 1.54) is 33.5 Å². The van der Waals surface area contributed by atoms with E-state index in [0.717, 1.165) is 23.8 Å². The Hall–Kier alpha value is -3.26. The predicted octanol–water partition coefficient (Wildman–Crippen LogP) is 6.94. The smallest absolute Gasteiger partial charge is 0.208 e. The summed E-state index contributed by atoms with van der Waals surface area (Å²) >= 11 is 0. The lowest BCUT2D eigenvalue weighted by molar-refractivity contribution is 0.538. The van der Waals surface area contributed by atoms with Gasteiger partial charge in [0, 0.05) is 17.5 Å². The fraction of sp³-hybridized carbons (Fsp3) is 0.120. The third-order valence-electron chi connectivity index (χ3n) is 5.20. The minimum absolute atomic E-state index is 0.910. The molecule has 2 nitrogen and oxygen atoms in total. The molecular weight excluding hydrogens is 330 g/mol. The first kappa shape index (κ1) is 16.0. The molecule has 3 aromatic carbocycles. The molecule has 0 unspecified atom stereocenters. The van der Waals surface area contributed by atoms with E-state index >= 15 is 0 Å². The molecule has 0 spiro atoms. The predicted molar refractivity (Wildman–Crippen MR) is 111 cm³/mol. The molecule has 0 amide bonds. The minimum atomic E-state index is 0.910. The second-order valence-corrected chi connectivity index (χ2v) is 7.21. The molecule has 0 bridgehead atoms. The zero-order chi connectivity index (χ0) is 18.4. The number of rotatable bonds is 2. The summed E-state index contributed by atoms with van der Waals surface area (Å²) in [6.45, 7) is 4.17. The summed E-state index contributed by atoms with van der Waals surface area (Å²) in [5.41, 5.74) is 8.62. The summed E-state index contributed by atoms with van der Waals surface area (Å²) in [5, 5.41) is 0. The molecular formula is C25H21NO. The normalized spacial score (nSPS) is 12.6. The number of furan rings is 1. The number of anilines is 3. The lowest BCUT2D eigenvalue weighted by Crippen LogP contribution is -2.18. The summed E-state index contributed by atoms with van der Waals surface area (Å²) < 4.78 is 6.18. The lowest BCUT2D eigenvalue weighted by atomic mass is 9.95. The maximum Gasteiger partial charge on any atom is 0.208 e. The van der Waals surface area contributed by atoms with Crippen LogP contribution in [0.1, 0.15) is 22.5 Å². The standard InChI is InChI=1S/C25H21NO/c1-17-12-13-23-20(14-17)16-21-15-18(2)27-25(21)26(23)24-11-7-6-10-22(24)19-8-4-3-5-9-19/h3-15H,16H2,1-2H3. The lowest BCUT2D eigenvalue weighted by Gasteiger charge is -2.31. The van der Waals surface area contributed by atoms with Crippen LogP contribution in [0, 0.1) is 13.8 Å². The number of fused-ring (bicyclic) bond motifs is 2. The molecule has 0 fully saturated rings. The van der Waals surface area contributed by atoms with E-state index in [1.807, 2.05) is 6.92 Å². The Bertz CT molecular complexity index is 1120. The number of aryl methyl sites for hydroxylation is 2. The van der Waals surface area contributed by atoms with Crippen molar-refractivity contribution in [1.82, 2.24) is 0 Å². The molecule has 0 radical (unpaired) electrons. The van der Waals surface area contributed by atoms with Gasteiger partial charge in [0.1, 0.15) is 5.76 Å². The van der Waals surface area contributed by atoms with Crippen LogP contribution in [-0.4, -0.2) is 0 Å². The maximum atomic E-state index is 6.18. The summed E-state index contributed by atoms with van der Waals surface area (Å²) in [5.74, 6) is 1.89. The molecule has 4 aromatic rings. The maximum absolute atomic E-state index is 6.18. The van der Waals surface area contributed by atoms with Crippen molar-refractivity contribution < 1.29 is 4.42 Å². The monoisotopic (exact) mass is 351 g/mol. The highest BCUT2D eigenvalue weighted by Gasteiger charge is 2.29. The van der Waals surface area contributed by atoms with E-state index in [-0.39, 0.29) is 0 Å². The molecule has 0 saturated carbocycles. The molecule has 5 rings (SSSR count). The average Bonchev–Trinajstić information content (AvgIpc) is 3.06. The van der Waals surface area contributed by atoms with Gasteiger partial charge in [-0.1, -0.05) is 66.2 Å². The van der Waals surface area contributed by atoms with E-state index in [9.17, 15) is 0 Å². The molecule has 132 valence electrons. The van der Waals surface area contributed by atoms with Crippen LogP contribution in [0.2, 0.25) is 0 Å². The Morgan fingerprint density at radius 1 is 0.741 bits per heavy atom. The van der Waals surface area contributed by atoms with Gasteiger partial charge in [-0.3, -0.25) is 4.90 Å². The van der Waals surface area contributed by atoms with Gasteiger partial charge in [-0.25, -0.2) is 0 Å². The third-order valence-corrected chi connectivity index (χ3v) is 5.20.